The standard InChI is InChI=1S/C15H18N4/c1-11-6-8-12(9-7-11)10-19(2)14-5-3-4-13(18-14)15(16)17/h3-9H,10H2,1-2H3,(H3,16,17). The van der Waals surface area contributed by atoms with Gasteiger partial charge in [0.1, 0.15) is 17.3 Å². The lowest BCUT2D eigenvalue weighted by Crippen LogP contribution is -2.20. The van der Waals surface area contributed by atoms with Crippen molar-refractivity contribution in [3.05, 3.63) is 59.3 Å². The number of hydrogen-bond donors (Lipinski definition) is 2. The number of hydrogen-bond acceptors (Lipinski definition) is 3. The second-order valence-corrected chi connectivity index (χ2v) is 4.64. The maximum atomic E-state index is 7.41. The number of aryl methyl sites for hydroxylation is 1. The molecule has 98 valence electrons. The molecule has 4 nitrogen and oxygen atoms in total. The van der Waals surface area contributed by atoms with Gasteiger partial charge in [-0.15, -0.1) is 0 Å². The number of aromatic nitrogens is 1. The van der Waals surface area contributed by atoms with Gasteiger partial charge in [0.15, 0.2) is 0 Å². The molecule has 0 radical (unpaired) electrons. The molecule has 3 N–H and O–H groups in total. The first kappa shape index (κ1) is 13.1. The Hall–Kier alpha value is -2.36. The molecule has 2 rings (SSSR count). The largest absolute Gasteiger partial charge is 0.382 e. The Bertz CT molecular complexity index is 575. The molecule has 1 aromatic heterocycles. The van der Waals surface area contributed by atoms with Crippen molar-refractivity contribution >= 4 is 11.7 Å². The van der Waals surface area contributed by atoms with Crippen LogP contribution in [-0.2, 0) is 6.54 Å². The monoisotopic (exact) mass is 254 g/mol. The molecule has 0 unspecified atom stereocenters. The number of anilines is 1. The Kier molecular flexibility index (Phi) is 3.80. The van der Waals surface area contributed by atoms with E-state index in [2.05, 4.69) is 36.2 Å². The van der Waals surface area contributed by atoms with E-state index in [0.717, 1.165) is 12.4 Å². The molecule has 0 aliphatic heterocycles. The van der Waals surface area contributed by atoms with Gasteiger partial charge < -0.3 is 10.6 Å². The van der Waals surface area contributed by atoms with E-state index in [1.54, 1.807) is 6.07 Å². The molecule has 0 amide bonds. The molecule has 1 heterocycles. The minimum absolute atomic E-state index is 0.00872. The lowest BCUT2D eigenvalue weighted by atomic mass is 10.1. The van der Waals surface area contributed by atoms with E-state index in [1.165, 1.54) is 11.1 Å². The number of benzene rings is 1. The van der Waals surface area contributed by atoms with E-state index < -0.39 is 0 Å². The van der Waals surface area contributed by atoms with E-state index in [-0.39, 0.29) is 5.84 Å². The summed E-state index contributed by atoms with van der Waals surface area (Å²) in [5.41, 5.74) is 8.44. The van der Waals surface area contributed by atoms with Crippen molar-refractivity contribution in [3.63, 3.8) is 0 Å². The fraction of sp³-hybridized carbons (Fsp3) is 0.200. The van der Waals surface area contributed by atoms with Gasteiger partial charge in [-0.25, -0.2) is 4.98 Å². The van der Waals surface area contributed by atoms with Crippen molar-refractivity contribution in [2.75, 3.05) is 11.9 Å². The van der Waals surface area contributed by atoms with Gasteiger partial charge in [0.2, 0.25) is 0 Å². The highest BCUT2D eigenvalue weighted by molar-refractivity contribution is 5.93. The molecule has 0 bridgehead atoms. The summed E-state index contributed by atoms with van der Waals surface area (Å²) < 4.78 is 0. The molecule has 0 fully saturated rings. The molecule has 0 aliphatic rings. The number of nitrogens with two attached hydrogens (primary N) is 1. The van der Waals surface area contributed by atoms with Crippen molar-refractivity contribution in [1.82, 2.24) is 4.98 Å². The lowest BCUT2D eigenvalue weighted by molar-refractivity contribution is 0.896. The van der Waals surface area contributed by atoms with Crippen molar-refractivity contribution in [2.45, 2.75) is 13.5 Å². The van der Waals surface area contributed by atoms with Gasteiger partial charge in [-0.2, -0.15) is 0 Å². The smallest absolute Gasteiger partial charge is 0.141 e. The zero-order valence-corrected chi connectivity index (χ0v) is 11.2. The van der Waals surface area contributed by atoms with Crippen LogP contribution in [0.3, 0.4) is 0 Å². The Morgan fingerprint density at radius 3 is 2.53 bits per heavy atom. The molecule has 4 heteroatoms. The van der Waals surface area contributed by atoms with Crippen LogP contribution in [0.15, 0.2) is 42.5 Å². The molecular formula is C15H18N4. The fourth-order valence-electron chi connectivity index (χ4n) is 1.83. The van der Waals surface area contributed by atoms with Crippen LogP contribution in [0.2, 0.25) is 0 Å². The minimum Gasteiger partial charge on any atom is -0.382 e. The van der Waals surface area contributed by atoms with Crippen LogP contribution >= 0.6 is 0 Å². The van der Waals surface area contributed by atoms with Gasteiger partial charge in [-0.3, -0.25) is 5.41 Å². The maximum Gasteiger partial charge on any atom is 0.141 e. The van der Waals surface area contributed by atoms with Crippen molar-refractivity contribution < 1.29 is 0 Å². The number of pyridine rings is 1. The summed E-state index contributed by atoms with van der Waals surface area (Å²) in [4.78, 5) is 6.40. The fourth-order valence-corrected chi connectivity index (χ4v) is 1.83. The molecule has 1 aromatic carbocycles. The van der Waals surface area contributed by atoms with Gasteiger partial charge in [-0.1, -0.05) is 35.9 Å². The summed E-state index contributed by atoms with van der Waals surface area (Å²) in [5.74, 6) is 0.805. The van der Waals surface area contributed by atoms with Crippen LogP contribution in [-0.4, -0.2) is 17.9 Å². The van der Waals surface area contributed by atoms with Crippen LogP contribution in [0.1, 0.15) is 16.8 Å². The molecule has 2 aromatic rings. The van der Waals surface area contributed by atoms with E-state index >= 15 is 0 Å². The third-order valence-electron chi connectivity index (χ3n) is 2.94. The summed E-state index contributed by atoms with van der Waals surface area (Å²) in [6.07, 6.45) is 0. The molecular weight excluding hydrogens is 236 g/mol. The van der Waals surface area contributed by atoms with E-state index in [4.69, 9.17) is 11.1 Å². The Morgan fingerprint density at radius 1 is 1.21 bits per heavy atom. The minimum atomic E-state index is -0.00872. The Labute approximate surface area is 113 Å². The zero-order valence-electron chi connectivity index (χ0n) is 11.2. The normalized spacial score (nSPS) is 10.2. The SMILES string of the molecule is Cc1ccc(CN(C)c2cccc(C(=N)N)n2)cc1. The van der Waals surface area contributed by atoms with Gasteiger partial charge in [0, 0.05) is 13.6 Å². The van der Waals surface area contributed by atoms with Gasteiger partial charge in [0.05, 0.1) is 0 Å². The third kappa shape index (κ3) is 3.31. The Morgan fingerprint density at radius 2 is 1.89 bits per heavy atom. The second kappa shape index (κ2) is 5.52. The molecule has 0 aliphatic carbocycles. The second-order valence-electron chi connectivity index (χ2n) is 4.64. The first-order chi connectivity index (χ1) is 9.06. The summed E-state index contributed by atoms with van der Waals surface area (Å²) >= 11 is 0. The maximum absolute atomic E-state index is 7.41. The number of nitrogens with one attached hydrogen (secondary N) is 1. The highest BCUT2D eigenvalue weighted by atomic mass is 15.2. The molecule has 0 saturated heterocycles. The average molecular weight is 254 g/mol. The van der Waals surface area contributed by atoms with Gasteiger partial charge >= 0.3 is 0 Å². The number of nitrogens with zero attached hydrogens (tertiary/aromatic N) is 2. The summed E-state index contributed by atoms with van der Waals surface area (Å²) in [5, 5.41) is 7.41. The first-order valence-corrected chi connectivity index (χ1v) is 6.14. The lowest BCUT2D eigenvalue weighted by Gasteiger charge is -2.18. The quantitative estimate of drug-likeness (QED) is 0.650. The average Bonchev–Trinajstić information content (AvgIpc) is 2.41. The van der Waals surface area contributed by atoms with Crippen molar-refractivity contribution in [2.24, 2.45) is 5.73 Å². The zero-order chi connectivity index (χ0) is 13.8. The number of rotatable bonds is 4. The summed E-state index contributed by atoms with van der Waals surface area (Å²) in [7, 11) is 1.98. The van der Waals surface area contributed by atoms with Crippen LogP contribution < -0.4 is 10.6 Å². The van der Waals surface area contributed by atoms with E-state index in [1.807, 2.05) is 24.1 Å². The van der Waals surface area contributed by atoms with Crippen molar-refractivity contribution in [1.29, 1.82) is 5.41 Å². The van der Waals surface area contributed by atoms with Crippen molar-refractivity contribution in [3.8, 4) is 0 Å². The highest BCUT2D eigenvalue weighted by Crippen LogP contribution is 2.13. The molecule has 19 heavy (non-hydrogen) atoms. The van der Waals surface area contributed by atoms with Crippen LogP contribution in [0.25, 0.3) is 0 Å². The number of nitrogen functional groups attached to an aromatic ring is 1. The summed E-state index contributed by atoms with van der Waals surface area (Å²) in [6.45, 7) is 2.85. The third-order valence-corrected chi connectivity index (χ3v) is 2.94. The predicted molar refractivity (Wildman–Crippen MR) is 78.5 cm³/mol. The summed E-state index contributed by atoms with van der Waals surface area (Å²) in [6, 6.07) is 13.9. The van der Waals surface area contributed by atoms with Crippen LogP contribution in [0.5, 0.6) is 0 Å². The van der Waals surface area contributed by atoms with Crippen LogP contribution in [0.4, 0.5) is 5.82 Å². The Balaban J connectivity index is 2.15. The number of amidine groups is 1. The highest BCUT2D eigenvalue weighted by Gasteiger charge is 2.05. The molecule has 0 atom stereocenters. The van der Waals surface area contributed by atoms with E-state index in [9.17, 15) is 0 Å². The van der Waals surface area contributed by atoms with Gasteiger partial charge in [0.25, 0.3) is 0 Å². The van der Waals surface area contributed by atoms with Gasteiger partial charge in [-0.05, 0) is 24.6 Å². The predicted octanol–water partition coefficient (Wildman–Crippen LogP) is 2.31. The molecule has 0 saturated carbocycles. The topological polar surface area (TPSA) is 66.0 Å². The van der Waals surface area contributed by atoms with Crippen LogP contribution in [0, 0.1) is 12.3 Å². The molecule has 0 spiro atoms. The first-order valence-electron chi connectivity index (χ1n) is 6.14. The van der Waals surface area contributed by atoms with E-state index in [0.29, 0.717) is 5.69 Å².